The average Bonchev–Trinajstić information content (AvgIpc) is 3.07. The topological polar surface area (TPSA) is 38.1 Å². The summed E-state index contributed by atoms with van der Waals surface area (Å²) in [5.41, 5.74) is 1.04. The highest BCUT2D eigenvalue weighted by atomic mass is 32.1. The molecule has 0 unspecified atom stereocenters. The fourth-order valence-electron chi connectivity index (χ4n) is 2.66. The summed E-state index contributed by atoms with van der Waals surface area (Å²) in [5, 5.41) is 4.44. The van der Waals surface area contributed by atoms with Gasteiger partial charge < -0.3 is 9.73 Å². The average molecular weight is 298 g/mol. The molecule has 21 heavy (non-hydrogen) atoms. The van der Waals surface area contributed by atoms with E-state index < -0.39 is 0 Å². The van der Waals surface area contributed by atoms with Crippen molar-refractivity contribution in [2.45, 2.75) is 25.8 Å². The number of rotatable bonds is 5. The molecule has 1 saturated carbocycles. The van der Waals surface area contributed by atoms with Crippen LogP contribution in [0.1, 0.15) is 25.0 Å². The summed E-state index contributed by atoms with van der Waals surface area (Å²) in [4.78, 5) is 4.63. The van der Waals surface area contributed by atoms with E-state index in [0.717, 1.165) is 41.1 Å². The van der Waals surface area contributed by atoms with Crippen molar-refractivity contribution in [1.82, 2.24) is 10.3 Å². The van der Waals surface area contributed by atoms with Crippen molar-refractivity contribution in [2.24, 2.45) is 5.92 Å². The van der Waals surface area contributed by atoms with Crippen LogP contribution in [0.15, 0.2) is 40.8 Å². The molecule has 1 aliphatic carbocycles. The van der Waals surface area contributed by atoms with E-state index in [1.807, 2.05) is 24.3 Å². The maximum absolute atomic E-state index is 5.92. The molecule has 0 atom stereocenters. The van der Waals surface area contributed by atoms with Crippen molar-refractivity contribution in [1.29, 1.82) is 0 Å². The molecular formula is C17H18N2OS. The molecule has 0 aliphatic heterocycles. The Hall–Kier alpha value is -1.65. The number of para-hydroxylation sites is 1. The number of nitrogens with one attached hydrogen (secondary N) is 1. The molecule has 2 aromatic heterocycles. The molecule has 1 aromatic carbocycles. The van der Waals surface area contributed by atoms with E-state index in [9.17, 15) is 0 Å². The van der Waals surface area contributed by atoms with Gasteiger partial charge in [0.25, 0.3) is 0 Å². The van der Waals surface area contributed by atoms with E-state index in [0.29, 0.717) is 0 Å². The Bertz CT molecular complexity index is 709. The smallest absolute Gasteiger partial charge is 0.163 e. The van der Waals surface area contributed by atoms with Gasteiger partial charge in [0.05, 0.1) is 16.8 Å². The van der Waals surface area contributed by atoms with Crippen LogP contribution in [0.4, 0.5) is 0 Å². The minimum Gasteiger partial charge on any atom is -0.457 e. The lowest BCUT2D eigenvalue weighted by Crippen LogP contribution is -2.26. The summed E-state index contributed by atoms with van der Waals surface area (Å²) < 4.78 is 7.12. The maximum Gasteiger partial charge on any atom is 0.163 e. The molecule has 1 fully saturated rings. The molecule has 1 N–H and O–H groups in total. The first-order chi connectivity index (χ1) is 10.4. The van der Waals surface area contributed by atoms with Crippen LogP contribution in [-0.2, 0) is 6.54 Å². The highest BCUT2D eigenvalue weighted by molar-refractivity contribution is 7.21. The zero-order valence-corrected chi connectivity index (χ0v) is 12.7. The maximum atomic E-state index is 5.92. The number of nitrogens with zero attached hydrogens (tertiary/aromatic N) is 1. The predicted molar refractivity (Wildman–Crippen MR) is 86.4 cm³/mol. The van der Waals surface area contributed by atoms with Crippen molar-refractivity contribution < 1.29 is 4.42 Å². The van der Waals surface area contributed by atoms with Crippen molar-refractivity contribution in [3.63, 3.8) is 0 Å². The molecule has 0 bridgehead atoms. The van der Waals surface area contributed by atoms with Crippen molar-refractivity contribution >= 4 is 21.6 Å². The number of benzene rings is 1. The van der Waals surface area contributed by atoms with E-state index in [-0.39, 0.29) is 0 Å². The van der Waals surface area contributed by atoms with Gasteiger partial charge in [-0.2, -0.15) is 0 Å². The fraction of sp³-hybridized carbons (Fsp3) is 0.353. The molecule has 3 aromatic rings. The largest absolute Gasteiger partial charge is 0.457 e. The molecular weight excluding hydrogens is 280 g/mol. The van der Waals surface area contributed by atoms with Crippen LogP contribution < -0.4 is 5.32 Å². The SMILES string of the molecule is c1ccc2sc(-c3ccc(CNCC4CCC4)o3)nc2c1. The van der Waals surface area contributed by atoms with Crippen molar-refractivity contribution in [3.8, 4) is 10.8 Å². The molecule has 4 rings (SSSR count). The van der Waals surface area contributed by atoms with Gasteiger partial charge in [-0.05, 0) is 49.6 Å². The first-order valence-electron chi connectivity index (χ1n) is 7.54. The molecule has 1 aliphatic rings. The zero-order chi connectivity index (χ0) is 14.1. The number of hydrogen-bond acceptors (Lipinski definition) is 4. The Labute approximate surface area is 128 Å². The molecule has 0 spiro atoms. The van der Waals surface area contributed by atoms with Gasteiger partial charge in [0, 0.05) is 0 Å². The quantitative estimate of drug-likeness (QED) is 0.756. The predicted octanol–water partition coefficient (Wildman–Crippen LogP) is 4.45. The van der Waals surface area contributed by atoms with Crippen LogP contribution in [0.2, 0.25) is 0 Å². The van der Waals surface area contributed by atoms with Gasteiger partial charge in [-0.1, -0.05) is 18.6 Å². The Balaban J connectivity index is 1.45. The minimum atomic E-state index is 0.807. The van der Waals surface area contributed by atoms with Crippen LogP contribution in [0.3, 0.4) is 0 Å². The lowest BCUT2D eigenvalue weighted by Gasteiger charge is -2.25. The second-order valence-electron chi connectivity index (χ2n) is 5.68. The first-order valence-corrected chi connectivity index (χ1v) is 8.35. The summed E-state index contributed by atoms with van der Waals surface area (Å²) in [6.45, 7) is 1.92. The van der Waals surface area contributed by atoms with Gasteiger partial charge in [0.15, 0.2) is 10.8 Å². The van der Waals surface area contributed by atoms with Gasteiger partial charge >= 0.3 is 0 Å². The Morgan fingerprint density at radius 3 is 2.90 bits per heavy atom. The minimum absolute atomic E-state index is 0.807. The van der Waals surface area contributed by atoms with Crippen LogP contribution in [0.25, 0.3) is 21.0 Å². The van der Waals surface area contributed by atoms with Crippen LogP contribution >= 0.6 is 11.3 Å². The first kappa shape index (κ1) is 13.0. The molecule has 108 valence electrons. The van der Waals surface area contributed by atoms with E-state index in [2.05, 4.69) is 22.4 Å². The molecule has 0 amide bonds. The second kappa shape index (κ2) is 5.62. The molecule has 0 radical (unpaired) electrons. The summed E-state index contributed by atoms with van der Waals surface area (Å²) >= 11 is 1.68. The third kappa shape index (κ3) is 2.74. The van der Waals surface area contributed by atoms with Gasteiger partial charge in [0.2, 0.25) is 0 Å². The van der Waals surface area contributed by atoms with Crippen LogP contribution in [-0.4, -0.2) is 11.5 Å². The monoisotopic (exact) mass is 298 g/mol. The molecule has 3 nitrogen and oxygen atoms in total. The fourth-order valence-corrected chi connectivity index (χ4v) is 3.59. The normalized spacial score (nSPS) is 15.4. The number of thiazole rings is 1. The van der Waals surface area contributed by atoms with E-state index in [1.165, 1.54) is 24.0 Å². The summed E-state index contributed by atoms with van der Waals surface area (Å²) in [6.07, 6.45) is 4.15. The highest BCUT2D eigenvalue weighted by Crippen LogP contribution is 2.31. The number of aromatic nitrogens is 1. The molecule has 0 saturated heterocycles. The number of fused-ring (bicyclic) bond motifs is 1. The lowest BCUT2D eigenvalue weighted by atomic mass is 9.85. The zero-order valence-electron chi connectivity index (χ0n) is 11.8. The third-order valence-corrected chi connectivity index (χ3v) is 5.17. The Morgan fingerprint density at radius 2 is 2.10 bits per heavy atom. The van der Waals surface area contributed by atoms with E-state index in [1.54, 1.807) is 11.3 Å². The molecule has 4 heteroatoms. The van der Waals surface area contributed by atoms with Gasteiger partial charge in [-0.15, -0.1) is 11.3 Å². The highest BCUT2D eigenvalue weighted by Gasteiger charge is 2.16. The third-order valence-electron chi connectivity index (χ3n) is 4.12. The van der Waals surface area contributed by atoms with Gasteiger partial charge in [-0.25, -0.2) is 4.98 Å². The Kier molecular flexibility index (Phi) is 3.49. The van der Waals surface area contributed by atoms with Crippen molar-refractivity contribution in [3.05, 3.63) is 42.2 Å². The van der Waals surface area contributed by atoms with Gasteiger partial charge in [0.1, 0.15) is 5.76 Å². The summed E-state index contributed by atoms with van der Waals surface area (Å²) in [7, 11) is 0. The molecule has 2 heterocycles. The second-order valence-corrected chi connectivity index (χ2v) is 6.71. The lowest BCUT2D eigenvalue weighted by molar-refractivity contribution is 0.297. The number of hydrogen-bond donors (Lipinski definition) is 1. The van der Waals surface area contributed by atoms with E-state index in [4.69, 9.17) is 4.42 Å². The summed E-state index contributed by atoms with van der Waals surface area (Å²) in [5.74, 6) is 2.74. The van der Waals surface area contributed by atoms with Crippen LogP contribution in [0, 0.1) is 5.92 Å². The van der Waals surface area contributed by atoms with E-state index >= 15 is 0 Å². The number of furan rings is 1. The Morgan fingerprint density at radius 1 is 1.19 bits per heavy atom. The van der Waals surface area contributed by atoms with Gasteiger partial charge in [-0.3, -0.25) is 0 Å². The van der Waals surface area contributed by atoms with Crippen molar-refractivity contribution in [2.75, 3.05) is 6.54 Å². The summed E-state index contributed by atoms with van der Waals surface area (Å²) in [6, 6.07) is 12.3. The standard InChI is InChI=1S/C17H18N2OS/c1-2-7-16-14(6-1)19-17(21-16)15-9-8-13(20-15)11-18-10-12-4-3-5-12/h1-2,6-9,12,18H,3-5,10-11H2. The van der Waals surface area contributed by atoms with Crippen LogP contribution in [0.5, 0.6) is 0 Å².